The number of benzene rings is 1. The van der Waals surface area contributed by atoms with E-state index in [9.17, 15) is 18.4 Å². The molecule has 1 amide bonds. The van der Waals surface area contributed by atoms with Gasteiger partial charge in [-0.05, 0) is 35.9 Å². The summed E-state index contributed by atoms with van der Waals surface area (Å²) in [5, 5.41) is 2.97. The van der Waals surface area contributed by atoms with E-state index in [0.29, 0.717) is 34.6 Å². The minimum atomic E-state index is -0.696. The SMILES string of the molecule is COC(=O)c1ccc(Cc2cc(NCc3cc(F)cc(F)c3)c(C(N)=O)cn2)nc1. The number of hydrogen-bond acceptors (Lipinski definition) is 6. The molecule has 3 N–H and O–H groups in total. The van der Waals surface area contributed by atoms with E-state index in [1.54, 1.807) is 18.2 Å². The van der Waals surface area contributed by atoms with Crippen molar-refractivity contribution in [1.82, 2.24) is 9.97 Å². The molecule has 2 heterocycles. The minimum Gasteiger partial charge on any atom is -0.465 e. The average molecular weight is 412 g/mol. The second-order valence-corrected chi connectivity index (χ2v) is 6.42. The first-order chi connectivity index (χ1) is 14.4. The first-order valence-corrected chi connectivity index (χ1v) is 8.86. The number of hydrogen-bond donors (Lipinski definition) is 2. The Labute approximate surface area is 170 Å². The van der Waals surface area contributed by atoms with Gasteiger partial charge in [0.15, 0.2) is 0 Å². The molecule has 7 nitrogen and oxygen atoms in total. The third kappa shape index (κ3) is 5.13. The van der Waals surface area contributed by atoms with Crippen molar-refractivity contribution in [2.45, 2.75) is 13.0 Å². The zero-order chi connectivity index (χ0) is 21.7. The maximum absolute atomic E-state index is 13.4. The Morgan fingerprint density at radius 1 is 1.03 bits per heavy atom. The second kappa shape index (κ2) is 9.08. The summed E-state index contributed by atoms with van der Waals surface area (Å²) in [5.41, 5.74) is 7.82. The van der Waals surface area contributed by atoms with Crippen LogP contribution < -0.4 is 11.1 Å². The molecule has 0 saturated heterocycles. The topological polar surface area (TPSA) is 107 Å². The van der Waals surface area contributed by atoms with Gasteiger partial charge in [0.2, 0.25) is 0 Å². The van der Waals surface area contributed by atoms with E-state index < -0.39 is 23.5 Å². The zero-order valence-electron chi connectivity index (χ0n) is 16.0. The van der Waals surface area contributed by atoms with Crippen LogP contribution in [0.4, 0.5) is 14.5 Å². The standard InChI is InChI=1S/C21H18F2N4O3/c1-30-21(29)13-2-3-16(25-10-13)7-17-8-19(18(11-26-17)20(24)28)27-9-12-4-14(22)6-15(23)5-12/h2-6,8,10-11H,7,9H2,1H3,(H2,24,28)(H,26,27). The lowest BCUT2D eigenvalue weighted by Crippen LogP contribution is -2.15. The largest absolute Gasteiger partial charge is 0.465 e. The van der Waals surface area contributed by atoms with Gasteiger partial charge in [-0.2, -0.15) is 0 Å². The van der Waals surface area contributed by atoms with Gasteiger partial charge in [-0.15, -0.1) is 0 Å². The van der Waals surface area contributed by atoms with Gasteiger partial charge in [-0.25, -0.2) is 13.6 Å². The predicted octanol–water partition coefficient (Wildman–Crippen LogP) is 2.84. The van der Waals surface area contributed by atoms with Gasteiger partial charge in [0.05, 0.1) is 23.9 Å². The average Bonchev–Trinajstić information content (AvgIpc) is 2.71. The van der Waals surface area contributed by atoms with E-state index in [-0.39, 0.29) is 12.1 Å². The first kappa shape index (κ1) is 20.8. The molecule has 0 radical (unpaired) electrons. The van der Waals surface area contributed by atoms with Crippen LogP contribution in [-0.4, -0.2) is 29.0 Å². The van der Waals surface area contributed by atoms with Gasteiger partial charge in [-0.3, -0.25) is 14.8 Å². The van der Waals surface area contributed by atoms with Crippen LogP contribution in [0.3, 0.4) is 0 Å². The molecular weight excluding hydrogens is 394 g/mol. The number of pyridine rings is 2. The number of nitrogens with one attached hydrogen (secondary N) is 1. The Bertz CT molecular complexity index is 1070. The van der Waals surface area contributed by atoms with Gasteiger partial charge < -0.3 is 15.8 Å². The molecule has 154 valence electrons. The van der Waals surface area contributed by atoms with Crippen LogP contribution in [0.2, 0.25) is 0 Å². The lowest BCUT2D eigenvalue weighted by Gasteiger charge is -2.12. The minimum absolute atomic E-state index is 0.0739. The van der Waals surface area contributed by atoms with E-state index >= 15 is 0 Å². The van der Waals surface area contributed by atoms with Crippen molar-refractivity contribution in [1.29, 1.82) is 0 Å². The highest BCUT2D eigenvalue weighted by atomic mass is 19.1. The summed E-state index contributed by atoms with van der Waals surface area (Å²) in [5.74, 6) is -2.57. The molecule has 9 heteroatoms. The summed E-state index contributed by atoms with van der Waals surface area (Å²) < 4.78 is 31.4. The maximum Gasteiger partial charge on any atom is 0.339 e. The highest BCUT2D eigenvalue weighted by Gasteiger charge is 2.12. The number of anilines is 1. The summed E-state index contributed by atoms with van der Waals surface area (Å²) in [7, 11) is 1.28. The molecule has 0 saturated carbocycles. The van der Waals surface area contributed by atoms with Gasteiger partial charge in [0.1, 0.15) is 11.6 Å². The van der Waals surface area contributed by atoms with Crippen LogP contribution in [-0.2, 0) is 17.7 Å². The van der Waals surface area contributed by atoms with Gasteiger partial charge in [-0.1, -0.05) is 0 Å². The third-order valence-electron chi connectivity index (χ3n) is 4.24. The monoisotopic (exact) mass is 412 g/mol. The van der Waals surface area contributed by atoms with Gasteiger partial charge in [0, 0.05) is 42.8 Å². The highest BCUT2D eigenvalue weighted by molar-refractivity contribution is 5.98. The molecule has 0 fully saturated rings. The molecular formula is C21H18F2N4O3. The van der Waals surface area contributed by atoms with Crippen molar-refractivity contribution in [2.75, 3.05) is 12.4 Å². The van der Waals surface area contributed by atoms with Gasteiger partial charge >= 0.3 is 5.97 Å². The number of methoxy groups -OCH3 is 1. The number of rotatable bonds is 7. The maximum atomic E-state index is 13.4. The van der Waals surface area contributed by atoms with Crippen molar-refractivity contribution in [3.8, 4) is 0 Å². The van der Waals surface area contributed by atoms with Gasteiger partial charge in [0.25, 0.3) is 5.91 Å². The van der Waals surface area contributed by atoms with E-state index in [1.807, 2.05) is 0 Å². The number of nitrogens with two attached hydrogens (primary N) is 1. The van der Waals surface area contributed by atoms with Crippen molar-refractivity contribution < 1.29 is 23.1 Å². The fraction of sp³-hybridized carbons (Fsp3) is 0.143. The van der Waals surface area contributed by atoms with Crippen LogP contribution in [0.1, 0.15) is 37.7 Å². The predicted molar refractivity (Wildman–Crippen MR) is 105 cm³/mol. The lowest BCUT2D eigenvalue weighted by molar-refractivity contribution is 0.0600. The summed E-state index contributed by atoms with van der Waals surface area (Å²) in [6.07, 6.45) is 3.05. The molecule has 0 atom stereocenters. The Morgan fingerprint density at radius 3 is 2.33 bits per heavy atom. The van der Waals surface area contributed by atoms with Crippen molar-refractivity contribution in [3.05, 3.63) is 88.5 Å². The quantitative estimate of drug-likeness (QED) is 0.578. The second-order valence-electron chi connectivity index (χ2n) is 6.42. The normalized spacial score (nSPS) is 10.5. The van der Waals surface area contributed by atoms with Crippen LogP contribution >= 0.6 is 0 Å². The number of esters is 1. The van der Waals surface area contributed by atoms with Crippen LogP contribution in [0.15, 0.2) is 48.8 Å². The summed E-state index contributed by atoms with van der Waals surface area (Å²) in [6, 6.07) is 8.03. The highest BCUT2D eigenvalue weighted by Crippen LogP contribution is 2.19. The Hall–Kier alpha value is -3.88. The molecule has 0 bridgehead atoms. The molecule has 3 aromatic rings. The smallest absolute Gasteiger partial charge is 0.339 e. The van der Waals surface area contributed by atoms with E-state index in [4.69, 9.17) is 5.73 Å². The fourth-order valence-electron chi connectivity index (χ4n) is 2.80. The Balaban J connectivity index is 1.80. The Kier molecular flexibility index (Phi) is 6.31. The molecule has 30 heavy (non-hydrogen) atoms. The van der Waals surface area contributed by atoms with E-state index in [0.717, 1.165) is 6.07 Å². The number of carbonyl (C=O) groups excluding carboxylic acids is 2. The summed E-state index contributed by atoms with van der Waals surface area (Å²) >= 11 is 0. The lowest BCUT2D eigenvalue weighted by atomic mass is 10.1. The number of carbonyl (C=O) groups is 2. The van der Waals surface area contributed by atoms with Crippen LogP contribution in [0, 0.1) is 11.6 Å². The zero-order valence-corrected chi connectivity index (χ0v) is 16.0. The molecule has 0 unspecified atom stereocenters. The molecule has 0 aliphatic carbocycles. The summed E-state index contributed by atoms with van der Waals surface area (Å²) in [4.78, 5) is 31.6. The van der Waals surface area contributed by atoms with Crippen molar-refractivity contribution >= 4 is 17.6 Å². The van der Waals surface area contributed by atoms with E-state index in [2.05, 4.69) is 20.0 Å². The first-order valence-electron chi connectivity index (χ1n) is 8.86. The molecule has 3 rings (SSSR count). The number of primary amides is 1. The van der Waals surface area contributed by atoms with Crippen LogP contribution in [0.25, 0.3) is 0 Å². The molecule has 0 spiro atoms. The Morgan fingerprint density at radius 2 is 1.73 bits per heavy atom. The molecule has 0 aliphatic rings. The van der Waals surface area contributed by atoms with E-state index in [1.165, 1.54) is 31.6 Å². The molecule has 0 aliphatic heterocycles. The molecule has 2 aromatic heterocycles. The van der Waals surface area contributed by atoms with Crippen molar-refractivity contribution in [3.63, 3.8) is 0 Å². The van der Waals surface area contributed by atoms with Crippen LogP contribution in [0.5, 0.6) is 0 Å². The summed E-state index contributed by atoms with van der Waals surface area (Å²) in [6.45, 7) is 0.0739. The van der Waals surface area contributed by atoms with Crippen molar-refractivity contribution in [2.24, 2.45) is 5.73 Å². The molecule has 1 aromatic carbocycles. The number of nitrogens with zero attached hydrogens (tertiary/aromatic N) is 2. The number of ether oxygens (including phenoxy) is 1. The number of halogens is 2. The third-order valence-corrected chi connectivity index (χ3v) is 4.24. The number of aromatic nitrogens is 2. The fourth-order valence-corrected chi connectivity index (χ4v) is 2.80. The number of amides is 1.